The molecule has 1 saturated carbocycles. The Kier molecular flexibility index (Phi) is 5.90. The van der Waals surface area contributed by atoms with Gasteiger partial charge in [0, 0.05) is 37.8 Å². The summed E-state index contributed by atoms with van der Waals surface area (Å²) in [5.74, 6) is -1.09. The van der Waals surface area contributed by atoms with Crippen molar-refractivity contribution in [1.29, 1.82) is 0 Å². The van der Waals surface area contributed by atoms with Crippen molar-refractivity contribution < 1.29 is 18.8 Å². The number of carbonyl (C=O) groups is 3. The number of rotatable bonds is 5. The summed E-state index contributed by atoms with van der Waals surface area (Å²) in [6.45, 7) is 1.24. The summed E-state index contributed by atoms with van der Waals surface area (Å²) in [6.07, 6.45) is 1.14. The van der Waals surface area contributed by atoms with Crippen LogP contribution in [0.5, 0.6) is 0 Å². The smallest absolute Gasteiger partial charge is 0.323 e. The Morgan fingerprint density at radius 3 is 2.59 bits per heavy atom. The maximum atomic E-state index is 13.4. The molecule has 1 heterocycles. The molecule has 1 aliphatic heterocycles. The molecule has 27 heavy (non-hydrogen) atoms. The predicted molar refractivity (Wildman–Crippen MR) is 97.0 cm³/mol. The Morgan fingerprint density at radius 1 is 1.19 bits per heavy atom. The summed E-state index contributed by atoms with van der Waals surface area (Å²) < 4.78 is 13.4. The van der Waals surface area contributed by atoms with E-state index in [0.29, 0.717) is 19.5 Å². The van der Waals surface area contributed by atoms with Crippen LogP contribution in [0, 0.1) is 11.7 Å². The van der Waals surface area contributed by atoms with Crippen molar-refractivity contribution >= 4 is 23.5 Å². The second kappa shape index (κ2) is 8.34. The summed E-state index contributed by atoms with van der Waals surface area (Å²) in [4.78, 5) is 40.9. The Hall–Kier alpha value is -2.68. The fraction of sp³-hybridized carbons (Fsp3) is 0.500. The zero-order chi connectivity index (χ0) is 19.4. The SMILES string of the molecule is NCCNC(=O)C1N(C(=O)Nc2cccc(F)c2)CCCN1C(=O)C1CC1. The van der Waals surface area contributed by atoms with Crippen molar-refractivity contribution in [3.05, 3.63) is 30.1 Å². The third-order valence-electron chi connectivity index (χ3n) is 4.61. The Bertz CT molecular complexity index is 725. The monoisotopic (exact) mass is 377 g/mol. The Balaban J connectivity index is 1.79. The van der Waals surface area contributed by atoms with E-state index in [4.69, 9.17) is 5.73 Å². The summed E-state index contributed by atoms with van der Waals surface area (Å²) in [6, 6.07) is 4.95. The minimum atomic E-state index is -1.04. The van der Waals surface area contributed by atoms with Gasteiger partial charge in [-0.25, -0.2) is 9.18 Å². The molecule has 0 radical (unpaired) electrons. The zero-order valence-corrected chi connectivity index (χ0v) is 15.0. The first-order valence-corrected chi connectivity index (χ1v) is 9.12. The minimum absolute atomic E-state index is 0.0685. The van der Waals surface area contributed by atoms with Crippen LogP contribution < -0.4 is 16.4 Å². The fourth-order valence-electron chi connectivity index (χ4n) is 3.16. The van der Waals surface area contributed by atoms with Crippen LogP contribution in [0.4, 0.5) is 14.9 Å². The number of nitrogens with two attached hydrogens (primary N) is 1. The van der Waals surface area contributed by atoms with Crippen LogP contribution in [-0.4, -0.2) is 60.0 Å². The number of amides is 4. The molecule has 9 heteroatoms. The van der Waals surface area contributed by atoms with E-state index in [9.17, 15) is 18.8 Å². The first-order chi connectivity index (χ1) is 13.0. The Labute approximate surface area is 156 Å². The third kappa shape index (κ3) is 4.54. The Morgan fingerprint density at radius 2 is 1.93 bits per heavy atom. The largest absolute Gasteiger partial charge is 0.351 e. The van der Waals surface area contributed by atoms with Gasteiger partial charge in [0.15, 0.2) is 6.17 Å². The lowest BCUT2D eigenvalue weighted by atomic mass is 10.1. The minimum Gasteiger partial charge on any atom is -0.351 e. The number of nitrogens with one attached hydrogen (secondary N) is 2. The second-order valence-corrected chi connectivity index (χ2v) is 6.75. The molecule has 1 aliphatic carbocycles. The van der Waals surface area contributed by atoms with Gasteiger partial charge in [0.1, 0.15) is 5.82 Å². The van der Waals surface area contributed by atoms with Crippen LogP contribution in [0.2, 0.25) is 0 Å². The average molecular weight is 377 g/mol. The molecule has 1 aromatic carbocycles. The lowest BCUT2D eigenvalue weighted by Gasteiger charge is -2.42. The van der Waals surface area contributed by atoms with Crippen LogP contribution in [0.3, 0.4) is 0 Å². The average Bonchev–Trinajstić information content (AvgIpc) is 3.50. The molecule has 0 bridgehead atoms. The molecule has 1 saturated heterocycles. The third-order valence-corrected chi connectivity index (χ3v) is 4.61. The van der Waals surface area contributed by atoms with Crippen LogP contribution in [0.25, 0.3) is 0 Å². The number of nitrogens with zero attached hydrogens (tertiary/aromatic N) is 2. The van der Waals surface area contributed by atoms with Gasteiger partial charge in [-0.3, -0.25) is 14.5 Å². The number of hydrogen-bond donors (Lipinski definition) is 3. The molecule has 2 aliphatic rings. The van der Waals surface area contributed by atoms with Crippen molar-refractivity contribution in [3.8, 4) is 0 Å². The van der Waals surface area contributed by atoms with E-state index >= 15 is 0 Å². The van der Waals surface area contributed by atoms with E-state index in [-0.39, 0.29) is 30.6 Å². The van der Waals surface area contributed by atoms with Crippen molar-refractivity contribution in [2.75, 3.05) is 31.5 Å². The first kappa shape index (κ1) is 19.1. The number of urea groups is 1. The molecule has 0 spiro atoms. The van der Waals surface area contributed by atoms with Crippen LogP contribution >= 0.6 is 0 Å². The number of halogens is 1. The quantitative estimate of drug-likeness (QED) is 0.702. The van der Waals surface area contributed by atoms with Gasteiger partial charge in [0.2, 0.25) is 5.91 Å². The normalized spacial score (nSPS) is 19.6. The highest BCUT2D eigenvalue weighted by atomic mass is 19.1. The maximum absolute atomic E-state index is 13.4. The highest BCUT2D eigenvalue weighted by Gasteiger charge is 2.44. The van der Waals surface area contributed by atoms with Crippen molar-refractivity contribution in [2.24, 2.45) is 11.7 Å². The van der Waals surface area contributed by atoms with Gasteiger partial charge in [-0.1, -0.05) is 6.07 Å². The summed E-state index contributed by atoms with van der Waals surface area (Å²) >= 11 is 0. The van der Waals surface area contributed by atoms with E-state index in [2.05, 4.69) is 10.6 Å². The van der Waals surface area contributed by atoms with Gasteiger partial charge in [-0.05, 0) is 37.5 Å². The van der Waals surface area contributed by atoms with E-state index in [1.807, 2.05) is 0 Å². The van der Waals surface area contributed by atoms with Crippen LogP contribution in [-0.2, 0) is 9.59 Å². The molecule has 3 rings (SSSR count). The molecule has 1 unspecified atom stereocenters. The lowest BCUT2D eigenvalue weighted by molar-refractivity contribution is -0.149. The van der Waals surface area contributed by atoms with E-state index in [1.165, 1.54) is 28.0 Å². The zero-order valence-electron chi connectivity index (χ0n) is 15.0. The lowest BCUT2D eigenvalue weighted by Crippen LogP contribution is -2.64. The van der Waals surface area contributed by atoms with Gasteiger partial charge >= 0.3 is 6.03 Å². The van der Waals surface area contributed by atoms with E-state index in [1.54, 1.807) is 6.07 Å². The standard InChI is InChI=1S/C18H24FN5O3/c19-13-3-1-4-14(11-13)22-18(27)24-10-2-9-23(17(26)12-5-6-12)16(24)15(25)21-8-7-20/h1,3-4,11-12,16H,2,5-10,20H2,(H,21,25)(H,22,27). The fourth-order valence-corrected chi connectivity index (χ4v) is 3.16. The van der Waals surface area contributed by atoms with E-state index in [0.717, 1.165) is 12.8 Å². The van der Waals surface area contributed by atoms with Crippen molar-refractivity contribution in [1.82, 2.24) is 15.1 Å². The van der Waals surface area contributed by atoms with Gasteiger partial charge in [0.25, 0.3) is 5.91 Å². The predicted octanol–water partition coefficient (Wildman–Crippen LogP) is 0.703. The van der Waals surface area contributed by atoms with Gasteiger partial charge in [-0.15, -0.1) is 0 Å². The highest BCUT2D eigenvalue weighted by molar-refractivity contribution is 5.96. The van der Waals surface area contributed by atoms with Crippen molar-refractivity contribution in [2.45, 2.75) is 25.4 Å². The molecule has 4 N–H and O–H groups in total. The molecule has 8 nitrogen and oxygen atoms in total. The molecule has 4 amide bonds. The molecule has 2 fully saturated rings. The van der Waals surface area contributed by atoms with Crippen LogP contribution in [0.1, 0.15) is 19.3 Å². The van der Waals surface area contributed by atoms with Gasteiger partial charge in [0.05, 0.1) is 0 Å². The molecular weight excluding hydrogens is 353 g/mol. The molecule has 146 valence electrons. The van der Waals surface area contributed by atoms with Gasteiger partial charge < -0.3 is 21.3 Å². The molecule has 1 aromatic rings. The maximum Gasteiger partial charge on any atom is 0.323 e. The number of benzene rings is 1. The summed E-state index contributed by atoms with van der Waals surface area (Å²) in [5.41, 5.74) is 5.73. The topological polar surface area (TPSA) is 108 Å². The second-order valence-electron chi connectivity index (χ2n) is 6.75. The van der Waals surface area contributed by atoms with Crippen molar-refractivity contribution in [3.63, 3.8) is 0 Å². The molecular formula is C18H24FN5O3. The summed E-state index contributed by atoms with van der Waals surface area (Å²) in [5, 5.41) is 5.27. The molecule has 1 atom stereocenters. The van der Waals surface area contributed by atoms with Crippen LogP contribution in [0.15, 0.2) is 24.3 Å². The van der Waals surface area contributed by atoms with E-state index < -0.39 is 23.9 Å². The number of hydrogen-bond acceptors (Lipinski definition) is 4. The number of anilines is 1. The van der Waals surface area contributed by atoms with Gasteiger partial charge in [-0.2, -0.15) is 0 Å². The summed E-state index contributed by atoms with van der Waals surface area (Å²) in [7, 11) is 0. The highest BCUT2D eigenvalue weighted by Crippen LogP contribution is 2.33. The molecule has 0 aromatic heterocycles. The number of carbonyl (C=O) groups excluding carboxylic acids is 3. The first-order valence-electron chi connectivity index (χ1n) is 9.12.